The molecule has 0 radical (unpaired) electrons. The lowest BCUT2D eigenvalue weighted by Gasteiger charge is -2.15. The van der Waals surface area contributed by atoms with Gasteiger partial charge in [0, 0.05) is 4.88 Å². The number of fused-ring (bicyclic) bond motifs is 1. The average molecular weight is 377 g/mol. The molecule has 0 aliphatic carbocycles. The number of hydrogen-bond acceptors (Lipinski definition) is 3. The SMILES string of the molecule is CCCc1cc(C(=O)NC(C)c2nc3ccccc3n2C(F)F)sc1C. The zero-order valence-corrected chi connectivity index (χ0v) is 15.7. The van der Waals surface area contributed by atoms with Gasteiger partial charge in [-0.15, -0.1) is 11.3 Å². The summed E-state index contributed by atoms with van der Waals surface area (Å²) < 4.78 is 28.0. The number of amides is 1. The largest absolute Gasteiger partial charge is 0.342 e. The van der Waals surface area contributed by atoms with Crippen molar-refractivity contribution in [1.29, 1.82) is 0 Å². The summed E-state index contributed by atoms with van der Waals surface area (Å²) in [5, 5.41) is 2.81. The van der Waals surface area contributed by atoms with Gasteiger partial charge >= 0.3 is 6.55 Å². The lowest BCUT2D eigenvalue weighted by Crippen LogP contribution is -2.28. The van der Waals surface area contributed by atoms with Crippen molar-refractivity contribution in [3.8, 4) is 0 Å². The molecule has 1 N–H and O–H groups in total. The van der Waals surface area contributed by atoms with E-state index >= 15 is 0 Å². The van der Waals surface area contributed by atoms with Gasteiger partial charge in [0.15, 0.2) is 0 Å². The molecular formula is C19H21F2N3OS. The number of carbonyl (C=O) groups excluding carboxylic acids is 1. The van der Waals surface area contributed by atoms with Gasteiger partial charge in [-0.25, -0.2) is 4.98 Å². The molecule has 1 aromatic carbocycles. The van der Waals surface area contributed by atoms with Crippen LogP contribution in [-0.2, 0) is 6.42 Å². The second-order valence-electron chi connectivity index (χ2n) is 6.24. The molecule has 1 atom stereocenters. The molecular weight excluding hydrogens is 356 g/mol. The van der Waals surface area contributed by atoms with Gasteiger partial charge in [0.25, 0.3) is 5.91 Å². The lowest BCUT2D eigenvalue weighted by molar-refractivity contribution is 0.0688. The van der Waals surface area contributed by atoms with Crippen LogP contribution in [0.5, 0.6) is 0 Å². The Morgan fingerprint density at radius 1 is 1.35 bits per heavy atom. The number of nitrogens with zero attached hydrogens (tertiary/aromatic N) is 2. The number of nitrogens with one attached hydrogen (secondary N) is 1. The number of benzene rings is 1. The first kappa shape index (κ1) is 18.5. The fourth-order valence-electron chi connectivity index (χ4n) is 3.06. The van der Waals surface area contributed by atoms with Crippen molar-refractivity contribution in [2.24, 2.45) is 0 Å². The smallest absolute Gasteiger partial charge is 0.320 e. The molecule has 0 aliphatic heterocycles. The Kier molecular flexibility index (Phi) is 5.36. The van der Waals surface area contributed by atoms with Crippen molar-refractivity contribution in [2.75, 3.05) is 0 Å². The van der Waals surface area contributed by atoms with Gasteiger partial charge in [-0.3, -0.25) is 9.36 Å². The van der Waals surface area contributed by atoms with E-state index in [2.05, 4.69) is 17.2 Å². The first-order chi connectivity index (χ1) is 12.4. The van der Waals surface area contributed by atoms with Crippen molar-refractivity contribution < 1.29 is 13.6 Å². The maximum Gasteiger partial charge on any atom is 0.320 e. The zero-order valence-electron chi connectivity index (χ0n) is 14.9. The molecule has 0 aliphatic rings. The van der Waals surface area contributed by atoms with Gasteiger partial charge in [-0.2, -0.15) is 8.78 Å². The number of alkyl halides is 2. The summed E-state index contributed by atoms with van der Waals surface area (Å²) in [6.45, 7) is 3.03. The predicted molar refractivity (Wildman–Crippen MR) is 99.9 cm³/mol. The lowest BCUT2D eigenvalue weighted by atomic mass is 10.1. The molecule has 138 valence electrons. The van der Waals surface area contributed by atoms with Gasteiger partial charge in [0.2, 0.25) is 0 Å². The van der Waals surface area contributed by atoms with Crippen molar-refractivity contribution in [3.63, 3.8) is 0 Å². The summed E-state index contributed by atoms with van der Waals surface area (Å²) in [6, 6.07) is 7.99. The highest BCUT2D eigenvalue weighted by Crippen LogP contribution is 2.28. The number of hydrogen-bond donors (Lipinski definition) is 1. The minimum Gasteiger partial charge on any atom is -0.342 e. The van der Waals surface area contributed by atoms with Crippen LogP contribution >= 0.6 is 11.3 Å². The van der Waals surface area contributed by atoms with E-state index < -0.39 is 12.6 Å². The van der Waals surface area contributed by atoms with Crippen molar-refractivity contribution in [1.82, 2.24) is 14.9 Å². The maximum absolute atomic E-state index is 13.6. The summed E-state index contributed by atoms with van der Waals surface area (Å²) >= 11 is 1.43. The topological polar surface area (TPSA) is 46.9 Å². The number of rotatable bonds is 6. The van der Waals surface area contributed by atoms with E-state index in [1.54, 1.807) is 31.2 Å². The number of carbonyl (C=O) groups is 1. The molecule has 7 heteroatoms. The molecule has 3 rings (SSSR count). The van der Waals surface area contributed by atoms with Crippen LogP contribution in [0.3, 0.4) is 0 Å². The Morgan fingerprint density at radius 3 is 2.77 bits per heavy atom. The van der Waals surface area contributed by atoms with Crippen LogP contribution in [-0.4, -0.2) is 15.5 Å². The molecule has 2 aromatic heterocycles. The summed E-state index contributed by atoms with van der Waals surface area (Å²) in [6.07, 6.45) is 1.93. The van der Waals surface area contributed by atoms with Gasteiger partial charge in [-0.1, -0.05) is 25.5 Å². The zero-order chi connectivity index (χ0) is 18.8. The fraction of sp³-hybridized carbons (Fsp3) is 0.368. The van der Waals surface area contributed by atoms with Gasteiger partial charge in [-0.05, 0) is 44.0 Å². The first-order valence-electron chi connectivity index (χ1n) is 8.57. The van der Waals surface area contributed by atoms with Crippen LogP contribution in [0.2, 0.25) is 0 Å². The summed E-state index contributed by atoms with van der Waals surface area (Å²) in [7, 11) is 0. The molecule has 0 saturated heterocycles. The van der Waals surface area contributed by atoms with Gasteiger partial charge < -0.3 is 5.32 Å². The van der Waals surface area contributed by atoms with E-state index in [1.807, 2.05) is 13.0 Å². The Labute approximate surface area is 154 Å². The van der Waals surface area contributed by atoms with Gasteiger partial charge in [0.05, 0.1) is 22.0 Å². The third kappa shape index (κ3) is 3.49. The third-order valence-corrected chi connectivity index (χ3v) is 5.41. The van der Waals surface area contributed by atoms with E-state index in [1.165, 1.54) is 11.3 Å². The van der Waals surface area contributed by atoms with Crippen LogP contribution in [0.25, 0.3) is 11.0 Å². The number of aryl methyl sites for hydroxylation is 2. The van der Waals surface area contributed by atoms with E-state index in [0.717, 1.165) is 27.8 Å². The van der Waals surface area contributed by atoms with E-state index in [-0.39, 0.29) is 11.7 Å². The molecule has 0 spiro atoms. The van der Waals surface area contributed by atoms with Crippen LogP contribution in [0.4, 0.5) is 8.78 Å². The molecule has 1 amide bonds. The average Bonchev–Trinajstić information content (AvgIpc) is 3.16. The monoisotopic (exact) mass is 377 g/mol. The van der Waals surface area contributed by atoms with Crippen molar-refractivity contribution >= 4 is 28.3 Å². The quantitative estimate of drug-likeness (QED) is 0.638. The van der Waals surface area contributed by atoms with Crippen molar-refractivity contribution in [2.45, 2.75) is 46.2 Å². The highest BCUT2D eigenvalue weighted by molar-refractivity contribution is 7.14. The maximum atomic E-state index is 13.6. The number of para-hydroxylation sites is 2. The summed E-state index contributed by atoms with van der Waals surface area (Å²) in [4.78, 5) is 18.6. The second kappa shape index (κ2) is 7.53. The molecule has 4 nitrogen and oxygen atoms in total. The molecule has 1 unspecified atom stereocenters. The number of imidazole rings is 1. The van der Waals surface area contributed by atoms with Crippen molar-refractivity contribution in [3.05, 3.63) is 51.5 Å². The fourth-order valence-corrected chi connectivity index (χ4v) is 4.03. The van der Waals surface area contributed by atoms with Crippen LogP contribution in [0, 0.1) is 6.92 Å². The standard InChI is InChI=1S/C19H21F2N3OS/c1-4-7-13-10-16(26-12(13)3)18(25)22-11(2)17-23-14-8-5-6-9-15(14)24(17)19(20)21/h5-6,8-11,19H,4,7H2,1-3H3,(H,22,25). The normalized spacial score (nSPS) is 12.7. The van der Waals surface area contributed by atoms with Crippen LogP contribution < -0.4 is 5.32 Å². The highest BCUT2D eigenvalue weighted by atomic mass is 32.1. The Morgan fingerprint density at radius 2 is 2.08 bits per heavy atom. The Hall–Kier alpha value is -2.28. The minimum atomic E-state index is -2.73. The second-order valence-corrected chi connectivity index (χ2v) is 7.50. The molecule has 0 bridgehead atoms. The number of thiophene rings is 1. The number of halogens is 2. The molecule has 0 fully saturated rings. The highest BCUT2D eigenvalue weighted by Gasteiger charge is 2.23. The molecule has 26 heavy (non-hydrogen) atoms. The van der Waals surface area contributed by atoms with Crippen LogP contribution in [0.1, 0.15) is 58.8 Å². The summed E-state index contributed by atoms with van der Waals surface area (Å²) in [5.74, 6) is -0.113. The predicted octanol–water partition coefficient (Wildman–Crippen LogP) is 5.24. The summed E-state index contributed by atoms with van der Waals surface area (Å²) in [5.41, 5.74) is 2.01. The van der Waals surface area contributed by atoms with Crippen LogP contribution in [0.15, 0.2) is 30.3 Å². The first-order valence-corrected chi connectivity index (χ1v) is 9.39. The van der Waals surface area contributed by atoms with E-state index in [9.17, 15) is 13.6 Å². The Bertz CT molecular complexity index is 932. The number of aromatic nitrogens is 2. The minimum absolute atomic E-state index is 0.150. The molecule has 2 heterocycles. The molecule has 0 saturated carbocycles. The van der Waals surface area contributed by atoms with E-state index in [4.69, 9.17) is 0 Å². The molecule has 3 aromatic rings. The third-order valence-electron chi connectivity index (χ3n) is 4.32. The van der Waals surface area contributed by atoms with E-state index in [0.29, 0.717) is 15.9 Å². The Balaban J connectivity index is 1.87. The van der Waals surface area contributed by atoms with Gasteiger partial charge in [0.1, 0.15) is 5.82 Å².